The number of carbonyl (C=O) groups is 1. The maximum absolute atomic E-state index is 12.1. The Kier molecular flexibility index (Phi) is 6.76. The van der Waals surface area contributed by atoms with Gasteiger partial charge in [0, 0.05) is 45.0 Å². The molecule has 0 spiro atoms. The second-order valence-electron chi connectivity index (χ2n) is 8.08. The van der Waals surface area contributed by atoms with Gasteiger partial charge in [-0.1, -0.05) is 0 Å². The molecular weight excluding hydrogens is 428 g/mol. The quantitative estimate of drug-likeness (QED) is 0.364. The number of piperazine rings is 1. The van der Waals surface area contributed by atoms with Gasteiger partial charge in [-0.25, -0.2) is 9.97 Å². The van der Waals surface area contributed by atoms with E-state index in [1.165, 1.54) is 13.4 Å². The number of piperidine rings is 1. The fourth-order valence-corrected chi connectivity index (χ4v) is 4.45. The zero-order valence-corrected chi connectivity index (χ0v) is 18.8. The number of carbonyl (C=O) groups excluding carboxylic acids is 1. The number of aromatic nitrogens is 2. The summed E-state index contributed by atoms with van der Waals surface area (Å²) in [5.41, 5.74) is 1.01. The van der Waals surface area contributed by atoms with Crippen molar-refractivity contribution in [2.24, 2.45) is 5.92 Å². The highest BCUT2D eigenvalue weighted by Gasteiger charge is 2.34. The molecule has 176 valence electrons. The molecule has 0 unspecified atom stereocenters. The molecule has 2 saturated heterocycles. The second-order valence-corrected chi connectivity index (χ2v) is 8.08. The van der Waals surface area contributed by atoms with Crippen LogP contribution in [-0.4, -0.2) is 74.3 Å². The first-order valence-electron chi connectivity index (χ1n) is 11.0. The summed E-state index contributed by atoms with van der Waals surface area (Å²) in [6, 6.07) is 7.87. The molecule has 2 aliphatic rings. The number of rotatable bonds is 6. The summed E-state index contributed by atoms with van der Waals surface area (Å²) in [5, 5.41) is 12.1. The molecule has 2 aromatic rings. The third kappa shape index (κ3) is 4.76. The lowest BCUT2D eigenvalue weighted by molar-refractivity contribution is -0.383. The molecule has 4 rings (SSSR count). The minimum absolute atomic E-state index is 0.0769. The summed E-state index contributed by atoms with van der Waals surface area (Å²) in [6.07, 6.45) is 2.54. The maximum Gasteiger partial charge on any atom is 0.353 e. The fourth-order valence-electron chi connectivity index (χ4n) is 4.45. The lowest BCUT2D eigenvalue weighted by Gasteiger charge is -2.37. The lowest BCUT2D eigenvalue weighted by Crippen LogP contribution is -2.47. The SMILES string of the molecule is COC(=O)C1CCN(c2ncnc(N3CCN(c4ccc(OC)cc4)CC3)c2[N+](=O)[O-])CC1. The van der Waals surface area contributed by atoms with Crippen LogP contribution < -0.4 is 19.4 Å². The van der Waals surface area contributed by atoms with Crippen LogP contribution in [0.15, 0.2) is 30.6 Å². The molecule has 3 heterocycles. The minimum Gasteiger partial charge on any atom is -0.497 e. The molecule has 11 heteroatoms. The maximum atomic E-state index is 12.1. The number of nitrogens with zero attached hydrogens (tertiary/aromatic N) is 6. The predicted molar refractivity (Wildman–Crippen MR) is 123 cm³/mol. The van der Waals surface area contributed by atoms with Crippen molar-refractivity contribution in [2.45, 2.75) is 12.8 Å². The molecule has 2 aliphatic heterocycles. The summed E-state index contributed by atoms with van der Waals surface area (Å²) in [5.74, 6) is 1.04. The zero-order valence-electron chi connectivity index (χ0n) is 18.8. The van der Waals surface area contributed by atoms with Gasteiger partial charge in [0.25, 0.3) is 0 Å². The average molecular weight is 457 g/mol. The number of hydrogen-bond acceptors (Lipinski definition) is 10. The Bertz CT molecular complexity index is 985. The molecule has 0 amide bonds. The van der Waals surface area contributed by atoms with Crippen molar-refractivity contribution in [3.63, 3.8) is 0 Å². The Hall–Kier alpha value is -3.63. The van der Waals surface area contributed by atoms with Gasteiger partial charge in [-0.3, -0.25) is 14.9 Å². The normalized spacial score (nSPS) is 17.1. The Morgan fingerprint density at radius 1 is 0.939 bits per heavy atom. The molecular formula is C22H28N6O5. The van der Waals surface area contributed by atoms with E-state index in [1.54, 1.807) is 7.11 Å². The number of esters is 1. The van der Waals surface area contributed by atoms with Crippen LogP contribution in [0.5, 0.6) is 5.75 Å². The van der Waals surface area contributed by atoms with Crippen molar-refractivity contribution < 1.29 is 19.2 Å². The van der Waals surface area contributed by atoms with Gasteiger partial charge in [0.1, 0.15) is 12.1 Å². The molecule has 2 fully saturated rings. The standard InChI is InChI=1S/C22H28N6O5/c1-32-18-5-3-17(4-6-18)25-11-13-27(14-12-25)21-19(28(30)31)20(23-15-24-21)26-9-7-16(8-10-26)22(29)33-2/h3-6,15-16H,7-14H2,1-2H3. The molecule has 33 heavy (non-hydrogen) atoms. The van der Waals surface area contributed by atoms with Crippen LogP contribution in [0.1, 0.15) is 12.8 Å². The Morgan fingerprint density at radius 2 is 1.48 bits per heavy atom. The van der Waals surface area contributed by atoms with Crippen LogP contribution in [0.4, 0.5) is 23.0 Å². The van der Waals surface area contributed by atoms with E-state index in [0.29, 0.717) is 63.7 Å². The third-order valence-electron chi connectivity index (χ3n) is 6.31. The van der Waals surface area contributed by atoms with E-state index in [1.807, 2.05) is 34.1 Å². The van der Waals surface area contributed by atoms with Crippen LogP contribution in [-0.2, 0) is 9.53 Å². The van der Waals surface area contributed by atoms with Gasteiger partial charge >= 0.3 is 11.7 Å². The van der Waals surface area contributed by atoms with E-state index >= 15 is 0 Å². The first-order chi connectivity index (χ1) is 16.0. The van der Waals surface area contributed by atoms with Crippen molar-refractivity contribution in [3.8, 4) is 5.75 Å². The topological polar surface area (TPSA) is 114 Å². The van der Waals surface area contributed by atoms with Crippen LogP contribution in [0.2, 0.25) is 0 Å². The van der Waals surface area contributed by atoms with Crippen molar-refractivity contribution in [2.75, 3.05) is 68.2 Å². The number of ether oxygens (including phenoxy) is 2. The lowest BCUT2D eigenvalue weighted by atomic mass is 9.97. The average Bonchev–Trinajstić information content (AvgIpc) is 2.88. The summed E-state index contributed by atoms with van der Waals surface area (Å²) in [6.45, 7) is 3.65. The van der Waals surface area contributed by atoms with E-state index < -0.39 is 4.92 Å². The molecule has 0 atom stereocenters. The molecule has 1 aromatic heterocycles. The van der Waals surface area contributed by atoms with E-state index in [4.69, 9.17) is 9.47 Å². The van der Waals surface area contributed by atoms with Crippen LogP contribution in [0, 0.1) is 16.0 Å². The monoisotopic (exact) mass is 456 g/mol. The molecule has 0 radical (unpaired) electrons. The van der Waals surface area contributed by atoms with Crippen LogP contribution >= 0.6 is 0 Å². The van der Waals surface area contributed by atoms with Crippen molar-refractivity contribution in [1.82, 2.24) is 9.97 Å². The van der Waals surface area contributed by atoms with Gasteiger partial charge in [0.05, 0.1) is 25.1 Å². The molecule has 0 saturated carbocycles. The third-order valence-corrected chi connectivity index (χ3v) is 6.31. The van der Waals surface area contributed by atoms with Crippen LogP contribution in [0.3, 0.4) is 0 Å². The summed E-state index contributed by atoms with van der Waals surface area (Å²) < 4.78 is 10.1. The highest BCUT2D eigenvalue weighted by molar-refractivity contribution is 5.74. The summed E-state index contributed by atoms with van der Waals surface area (Å²) in [4.78, 5) is 38.1. The molecule has 0 N–H and O–H groups in total. The van der Waals surface area contributed by atoms with Gasteiger partial charge in [-0.2, -0.15) is 0 Å². The van der Waals surface area contributed by atoms with E-state index in [9.17, 15) is 14.9 Å². The van der Waals surface area contributed by atoms with E-state index in [-0.39, 0.29) is 17.6 Å². The predicted octanol–water partition coefficient (Wildman–Crippen LogP) is 2.11. The molecule has 0 aliphatic carbocycles. The smallest absolute Gasteiger partial charge is 0.353 e. The van der Waals surface area contributed by atoms with E-state index in [2.05, 4.69) is 14.9 Å². The minimum atomic E-state index is -0.396. The number of hydrogen-bond donors (Lipinski definition) is 0. The van der Waals surface area contributed by atoms with Gasteiger partial charge in [-0.15, -0.1) is 0 Å². The molecule has 1 aromatic carbocycles. The second kappa shape index (κ2) is 9.88. The van der Waals surface area contributed by atoms with Crippen molar-refractivity contribution in [1.29, 1.82) is 0 Å². The summed E-state index contributed by atoms with van der Waals surface area (Å²) >= 11 is 0. The van der Waals surface area contributed by atoms with Gasteiger partial charge < -0.3 is 24.2 Å². The van der Waals surface area contributed by atoms with Crippen LogP contribution in [0.25, 0.3) is 0 Å². The van der Waals surface area contributed by atoms with E-state index in [0.717, 1.165) is 11.4 Å². The zero-order chi connectivity index (χ0) is 23.4. The fraction of sp³-hybridized carbons (Fsp3) is 0.500. The molecule has 0 bridgehead atoms. The molecule has 11 nitrogen and oxygen atoms in total. The van der Waals surface area contributed by atoms with Gasteiger partial charge in [0.15, 0.2) is 0 Å². The number of nitro groups is 1. The Balaban J connectivity index is 1.48. The van der Waals surface area contributed by atoms with Crippen molar-refractivity contribution >= 4 is 29.0 Å². The Labute approximate surface area is 192 Å². The van der Waals surface area contributed by atoms with Crippen molar-refractivity contribution in [3.05, 3.63) is 40.7 Å². The summed E-state index contributed by atoms with van der Waals surface area (Å²) in [7, 11) is 3.02. The number of benzene rings is 1. The highest BCUT2D eigenvalue weighted by atomic mass is 16.6. The number of methoxy groups -OCH3 is 2. The Morgan fingerprint density at radius 3 is 2.00 bits per heavy atom. The first kappa shape index (κ1) is 22.6. The first-order valence-corrected chi connectivity index (χ1v) is 11.0. The number of anilines is 3. The highest BCUT2D eigenvalue weighted by Crippen LogP contribution is 2.36. The van der Waals surface area contributed by atoms with Gasteiger partial charge in [0.2, 0.25) is 11.6 Å². The van der Waals surface area contributed by atoms with Gasteiger partial charge in [-0.05, 0) is 37.1 Å². The largest absolute Gasteiger partial charge is 0.497 e.